The van der Waals surface area contributed by atoms with Gasteiger partial charge in [0.2, 0.25) is 5.75 Å². The maximum Gasteiger partial charge on any atom is 0.267 e. The number of methoxy groups -OCH3 is 1. The molecule has 0 atom stereocenters. The van der Waals surface area contributed by atoms with E-state index in [-0.39, 0.29) is 11.0 Å². The SMILES string of the molecule is COc1c(Cl)ncnc1Oc1ccc2cc(Br)ccc2c1. The van der Waals surface area contributed by atoms with Crippen LogP contribution in [0.1, 0.15) is 0 Å². The van der Waals surface area contributed by atoms with E-state index in [1.54, 1.807) is 0 Å². The third-order valence-electron chi connectivity index (χ3n) is 2.92. The summed E-state index contributed by atoms with van der Waals surface area (Å²) in [5, 5.41) is 2.39. The fourth-order valence-corrected chi connectivity index (χ4v) is 2.53. The molecule has 0 amide bonds. The summed E-state index contributed by atoms with van der Waals surface area (Å²) < 4.78 is 11.9. The predicted molar refractivity (Wildman–Crippen MR) is 85.3 cm³/mol. The molecule has 0 saturated carbocycles. The molecule has 0 spiro atoms. The molecule has 0 fully saturated rings. The quantitative estimate of drug-likeness (QED) is 0.623. The van der Waals surface area contributed by atoms with Crippen LogP contribution in [0.15, 0.2) is 47.2 Å². The van der Waals surface area contributed by atoms with E-state index in [4.69, 9.17) is 21.1 Å². The molecule has 0 aliphatic rings. The number of aromatic nitrogens is 2. The number of benzene rings is 2. The molecule has 0 radical (unpaired) electrons. The van der Waals surface area contributed by atoms with E-state index in [9.17, 15) is 0 Å². The fraction of sp³-hybridized carbons (Fsp3) is 0.0667. The molecule has 0 aliphatic heterocycles. The van der Waals surface area contributed by atoms with Crippen LogP contribution in [0.2, 0.25) is 5.15 Å². The summed E-state index contributed by atoms with van der Waals surface area (Å²) >= 11 is 9.40. The molecule has 106 valence electrons. The first-order valence-corrected chi connectivity index (χ1v) is 7.26. The van der Waals surface area contributed by atoms with Gasteiger partial charge >= 0.3 is 0 Å². The van der Waals surface area contributed by atoms with Gasteiger partial charge < -0.3 is 9.47 Å². The fourth-order valence-electron chi connectivity index (χ4n) is 1.95. The minimum absolute atomic E-state index is 0.215. The van der Waals surface area contributed by atoms with Crippen LogP contribution >= 0.6 is 27.5 Å². The van der Waals surface area contributed by atoms with Crippen molar-refractivity contribution >= 4 is 38.3 Å². The minimum Gasteiger partial charge on any atom is -0.489 e. The van der Waals surface area contributed by atoms with E-state index < -0.39 is 0 Å². The lowest BCUT2D eigenvalue weighted by Crippen LogP contribution is -1.95. The van der Waals surface area contributed by atoms with E-state index in [1.165, 1.54) is 13.4 Å². The van der Waals surface area contributed by atoms with Crippen LogP contribution < -0.4 is 9.47 Å². The van der Waals surface area contributed by atoms with Gasteiger partial charge in [-0.1, -0.05) is 39.7 Å². The second kappa shape index (κ2) is 5.87. The summed E-state index contributed by atoms with van der Waals surface area (Å²) in [6.07, 6.45) is 1.33. The van der Waals surface area contributed by atoms with Crippen LogP contribution in [0.4, 0.5) is 0 Å². The van der Waals surface area contributed by atoms with Crippen molar-refractivity contribution in [1.82, 2.24) is 9.97 Å². The molecule has 21 heavy (non-hydrogen) atoms. The molecule has 0 saturated heterocycles. The van der Waals surface area contributed by atoms with Gasteiger partial charge in [-0.05, 0) is 35.0 Å². The Kier molecular flexibility index (Phi) is 3.94. The summed E-state index contributed by atoms with van der Waals surface area (Å²) in [6.45, 7) is 0. The second-order valence-corrected chi connectivity index (χ2v) is 5.53. The van der Waals surface area contributed by atoms with Crippen molar-refractivity contribution in [2.24, 2.45) is 0 Å². The molecule has 0 N–H and O–H groups in total. The third kappa shape index (κ3) is 2.94. The topological polar surface area (TPSA) is 44.2 Å². The van der Waals surface area contributed by atoms with Crippen LogP contribution in [0, 0.1) is 0 Å². The summed E-state index contributed by atoms with van der Waals surface area (Å²) in [5.41, 5.74) is 0. The van der Waals surface area contributed by atoms with E-state index in [1.807, 2.05) is 36.4 Å². The molecule has 3 aromatic rings. The van der Waals surface area contributed by atoms with Crippen LogP contribution in [0.25, 0.3) is 10.8 Å². The molecule has 2 aromatic carbocycles. The molecule has 4 nitrogen and oxygen atoms in total. The maximum atomic E-state index is 5.95. The molecule has 1 heterocycles. The Hall–Kier alpha value is -1.85. The van der Waals surface area contributed by atoms with Crippen molar-refractivity contribution in [1.29, 1.82) is 0 Å². The van der Waals surface area contributed by atoms with E-state index >= 15 is 0 Å². The van der Waals surface area contributed by atoms with Crippen molar-refractivity contribution in [3.63, 3.8) is 0 Å². The first-order chi connectivity index (χ1) is 10.2. The van der Waals surface area contributed by atoms with Gasteiger partial charge in [0, 0.05) is 4.47 Å². The van der Waals surface area contributed by atoms with E-state index in [0.717, 1.165) is 15.2 Å². The lowest BCUT2D eigenvalue weighted by molar-refractivity contribution is 0.367. The molecule has 0 aliphatic carbocycles. The lowest BCUT2D eigenvalue weighted by atomic mass is 10.1. The van der Waals surface area contributed by atoms with Crippen molar-refractivity contribution < 1.29 is 9.47 Å². The number of hydrogen-bond donors (Lipinski definition) is 0. The van der Waals surface area contributed by atoms with Crippen molar-refractivity contribution in [2.75, 3.05) is 7.11 Å². The highest BCUT2D eigenvalue weighted by atomic mass is 79.9. The van der Waals surface area contributed by atoms with Gasteiger partial charge in [0.15, 0.2) is 5.15 Å². The second-order valence-electron chi connectivity index (χ2n) is 4.26. The lowest BCUT2D eigenvalue weighted by Gasteiger charge is -2.10. The monoisotopic (exact) mass is 364 g/mol. The zero-order chi connectivity index (χ0) is 14.8. The molecule has 6 heteroatoms. The van der Waals surface area contributed by atoms with Crippen LogP contribution in [-0.4, -0.2) is 17.1 Å². The Morgan fingerprint density at radius 3 is 2.62 bits per heavy atom. The van der Waals surface area contributed by atoms with Gasteiger partial charge in [0.25, 0.3) is 5.88 Å². The Balaban J connectivity index is 1.98. The van der Waals surface area contributed by atoms with Crippen molar-refractivity contribution in [2.45, 2.75) is 0 Å². The highest BCUT2D eigenvalue weighted by Gasteiger charge is 2.12. The number of rotatable bonds is 3. The molecular formula is C15H10BrClN2O2. The van der Waals surface area contributed by atoms with Gasteiger partial charge in [-0.25, -0.2) is 4.98 Å². The average molecular weight is 366 g/mol. The molecular weight excluding hydrogens is 356 g/mol. The van der Waals surface area contributed by atoms with E-state index in [0.29, 0.717) is 11.5 Å². The maximum absolute atomic E-state index is 5.95. The number of fused-ring (bicyclic) bond motifs is 1. The third-order valence-corrected chi connectivity index (χ3v) is 3.68. The molecule has 0 bridgehead atoms. The first-order valence-electron chi connectivity index (χ1n) is 6.09. The van der Waals surface area contributed by atoms with Crippen molar-refractivity contribution in [3.05, 3.63) is 52.4 Å². The normalized spacial score (nSPS) is 10.6. The van der Waals surface area contributed by atoms with Gasteiger partial charge in [-0.15, -0.1) is 0 Å². The van der Waals surface area contributed by atoms with Crippen LogP contribution in [0.5, 0.6) is 17.4 Å². The highest BCUT2D eigenvalue weighted by Crippen LogP contribution is 2.34. The number of nitrogens with zero attached hydrogens (tertiary/aromatic N) is 2. The standard InChI is InChI=1S/C15H10BrClN2O2/c1-20-13-14(17)18-8-19-15(13)21-12-5-3-9-6-11(16)4-2-10(9)7-12/h2-8H,1H3. The number of hydrogen-bond acceptors (Lipinski definition) is 4. The molecule has 3 rings (SSSR count). The van der Waals surface area contributed by atoms with Crippen LogP contribution in [0.3, 0.4) is 0 Å². The number of ether oxygens (including phenoxy) is 2. The zero-order valence-electron chi connectivity index (χ0n) is 11.0. The van der Waals surface area contributed by atoms with Gasteiger partial charge in [0.1, 0.15) is 12.1 Å². The highest BCUT2D eigenvalue weighted by molar-refractivity contribution is 9.10. The summed E-state index contributed by atoms with van der Waals surface area (Å²) in [4.78, 5) is 7.91. The van der Waals surface area contributed by atoms with Gasteiger partial charge in [-0.3, -0.25) is 0 Å². The van der Waals surface area contributed by atoms with Gasteiger partial charge in [0.05, 0.1) is 7.11 Å². The number of halogens is 2. The summed E-state index contributed by atoms with van der Waals surface area (Å²) in [6, 6.07) is 11.8. The predicted octanol–water partition coefficient (Wildman–Crippen LogP) is 4.85. The Morgan fingerprint density at radius 1 is 1.05 bits per heavy atom. The van der Waals surface area contributed by atoms with Gasteiger partial charge in [-0.2, -0.15) is 4.98 Å². The summed E-state index contributed by atoms with van der Waals surface area (Å²) in [7, 11) is 1.50. The minimum atomic E-state index is 0.215. The molecule has 1 aromatic heterocycles. The van der Waals surface area contributed by atoms with Crippen molar-refractivity contribution in [3.8, 4) is 17.4 Å². The first kappa shape index (κ1) is 14.1. The largest absolute Gasteiger partial charge is 0.489 e. The zero-order valence-corrected chi connectivity index (χ0v) is 13.4. The Morgan fingerprint density at radius 2 is 1.81 bits per heavy atom. The van der Waals surface area contributed by atoms with Crippen LogP contribution in [-0.2, 0) is 0 Å². The Bertz CT molecular complexity index is 811. The van der Waals surface area contributed by atoms with E-state index in [2.05, 4.69) is 25.9 Å². The summed E-state index contributed by atoms with van der Waals surface area (Å²) in [5.74, 6) is 1.25. The molecule has 0 unspecified atom stereocenters. The Labute approximate surface area is 134 Å². The average Bonchev–Trinajstić information content (AvgIpc) is 2.48. The smallest absolute Gasteiger partial charge is 0.267 e.